The van der Waals surface area contributed by atoms with Gasteiger partial charge < -0.3 is 10.6 Å². The second-order valence-electron chi connectivity index (χ2n) is 8.24. The Bertz CT molecular complexity index is 1360. The highest BCUT2D eigenvalue weighted by molar-refractivity contribution is 5.92. The first-order valence-corrected chi connectivity index (χ1v) is 11.6. The Morgan fingerprint density at radius 1 is 0.917 bits per heavy atom. The lowest BCUT2D eigenvalue weighted by Gasteiger charge is -2.16. The van der Waals surface area contributed by atoms with E-state index in [0.29, 0.717) is 19.4 Å². The van der Waals surface area contributed by atoms with Gasteiger partial charge in [0.2, 0.25) is 11.8 Å². The molecule has 1 heterocycles. The van der Waals surface area contributed by atoms with E-state index in [4.69, 9.17) is 0 Å². The molecule has 0 aliphatic rings. The molecule has 8 nitrogen and oxygen atoms in total. The van der Waals surface area contributed by atoms with Crippen LogP contribution in [0.4, 0.5) is 18.9 Å². The van der Waals surface area contributed by atoms with E-state index in [1.165, 1.54) is 24.3 Å². The zero-order valence-corrected chi connectivity index (χ0v) is 19.7. The first-order chi connectivity index (χ1) is 17.1. The number of amides is 2. The van der Waals surface area contributed by atoms with Crippen LogP contribution < -0.4 is 21.9 Å². The molecule has 0 unspecified atom stereocenters. The van der Waals surface area contributed by atoms with E-state index in [2.05, 4.69) is 10.6 Å². The molecule has 0 aliphatic heterocycles. The lowest BCUT2D eigenvalue weighted by molar-refractivity contribution is -0.137. The Balaban J connectivity index is 1.85. The van der Waals surface area contributed by atoms with E-state index in [-0.39, 0.29) is 29.8 Å². The van der Waals surface area contributed by atoms with Crippen molar-refractivity contribution in [3.8, 4) is 0 Å². The zero-order chi connectivity index (χ0) is 26.3. The normalized spacial score (nSPS) is 11.4. The quantitative estimate of drug-likeness (QED) is 0.413. The molecule has 2 N–H and O–H groups in total. The summed E-state index contributed by atoms with van der Waals surface area (Å²) in [5.41, 5.74) is -2.54. The monoisotopic (exact) mass is 504 g/mol. The summed E-state index contributed by atoms with van der Waals surface area (Å²) in [6.07, 6.45) is -2.79. The van der Waals surface area contributed by atoms with E-state index in [0.717, 1.165) is 27.7 Å². The van der Waals surface area contributed by atoms with Crippen LogP contribution in [-0.4, -0.2) is 27.5 Å². The minimum atomic E-state index is -4.67. The van der Waals surface area contributed by atoms with Crippen molar-refractivity contribution in [2.24, 2.45) is 0 Å². The van der Waals surface area contributed by atoms with E-state index in [9.17, 15) is 32.3 Å². The fourth-order valence-electron chi connectivity index (χ4n) is 3.80. The third kappa shape index (κ3) is 6.41. The smallest absolute Gasteiger partial charge is 0.356 e. The molecule has 11 heteroatoms. The third-order valence-corrected chi connectivity index (χ3v) is 5.55. The van der Waals surface area contributed by atoms with Crippen LogP contribution in [0.15, 0.2) is 58.1 Å². The molecule has 0 radical (unpaired) electrons. The summed E-state index contributed by atoms with van der Waals surface area (Å²) < 4.78 is 41.9. The number of para-hydroxylation sites is 2. The van der Waals surface area contributed by atoms with E-state index in [1.54, 1.807) is 12.1 Å². The Morgan fingerprint density at radius 2 is 1.61 bits per heavy atom. The second kappa shape index (κ2) is 11.7. The molecule has 0 spiro atoms. The van der Waals surface area contributed by atoms with Crippen molar-refractivity contribution in [3.05, 3.63) is 74.9 Å². The van der Waals surface area contributed by atoms with E-state index >= 15 is 0 Å². The number of aromatic nitrogens is 2. The maximum atomic E-state index is 13.3. The fourth-order valence-corrected chi connectivity index (χ4v) is 3.80. The van der Waals surface area contributed by atoms with Crippen molar-refractivity contribution >= 4 is 28.4 Å². The number of halogens is 3. The molecule has 1 aromatic heterocycles. The number of rotatable bonds is 10. The Labute approximate surface area is 204 Å². The van der Waals surface area contributed by atoms with Gasteiger partial charge in [0.25, 0.3) is 5.56 Å². The molecule has 0 fully saturated rings. The van der Waals surface area contributed by atoms with Crippen LogP contribution in [0.25, 0.3) is 10.9 Å². The highest BCUT2D eigenvalue weighted by atomic mass is 19.4. The maximum Gasteiger partial charge on any atom is 0.418 e. The largest absolute Gasteiger partial charge is 0.418 e. The minimum absolute atomic E-state index is 0.0298. The topological polar surface area (TPSA) is 102 Å². The van der Waals surface area contributed by atoms with Gasteiger partial charge in [-0.2, -0.15) is 13.2 Å². The van der Waals surface area contributed by atoms with Gasteiger partial charge in [0, 0.05) is 19.5 Å². The van der Waals surface area contributed by atoms with Crippen molar-refractivity contribution in [3.63, 3.8) is 0 Å². The number of carbonyl (C=O) groups is 2. The maximum absolute atomic E-state index is 13.3. The van der Waals surface area contributed by atoms with Gasteiger partial charge in [0.15, 0.2) is 0 Å². The second-order valence-corrected chi connectivity index (χ2v) is 8.24. The number of alkyl halides is 3. The number of hydrogen-bond donors (Lipinski definition) is 2. The molecule has 2 aromatic carbocycles. The predicted octanol–water partition coefficient (Wildman–Crippen LogP) is 3.52. The van der Waals surface area contributed by atoms with Crippen molar-refractivity contribution in [1.82, 2.24) is 14.5 Å². The Morgan fingerprint density at radius 3 is 2.33 bits per heavy atom. The van der Waals surface area contributed by atoms with Gasteiger partial charge in [-0.05, 0) is 43.5 Å². The lowest BCUT2D eigenvalue weighted by atomic mass is 10.1. The number of nitrogens with zero attached hydrogens (tertiary/aromatic N) is 2. The van der Waals surface area contributed by atoms with Crippen molar-refractivity contribution in [1.29, 1.82) is 0 Å². The average Bonchev–Trinajstić information content (AvgIpc) is 2.84. The van der Waals surface area contributed by atoms with Crippen LogP contribution in [0.3, 0.4) is 0 Å². The number of fused-ring (bicyclic) bond motifs is 1. The van der Waals surface area contributed by atoms with Crippen molar-refractivity contribution in [2.75, 3.05) is 11.9 Å². The summed E-state index contributed by atoms with van der Waals surface area (Å²) in [4.78, 5) is 50.6. The molecule has 0 saturated carbocycles. The standard InChI is InChI=1S/C25H27F3N4O4/c1-2-14-29-21(33)13-7-8-15-31-23(35)17-9-3-6-12-20(17)32(24(31)36)16-22(34)30-19-11-5-4-10-18(19)25(26,27)28/h3-6,9-12H,2,7-8,13-16H2,1H3,(H,29,33)(H,30,34). The average molecular weight is 505 g/mol. The summed E-state index contributed by atoms with van der Waals surface area (Å²) in [6.45, 7) is 1.95. The van der Waals surface area contributed by atoms with Gasteiger partial charge in [-0.25, -0.2) is 4.79 Å². The minimum Gasteiger partial charge on any atom is -0.356 e. The van der Waals surface area contributed by atoms with Crippen LogP contribution in [0, 0.1) is 0 Å². The van der Waals surface area contributed by atoms with Crippen LogP contribution in [0.1, 0.15) is 38.2 Å². The molecule has 3 rings (SSSR count). The van der Waals surface area contributed by atoms with Gasteiger partial charge in [0.05, 0.1) is 22.2 Å². The lowest BCUT2D eigenvalue weighted by Crippen LogP contribution is -2.41. The van der Waals surface area contributed by atoms with Crippen LogP contribution in [0.2, 0.25) is 0 Å². The van der Waals surface area contributed by atoms with Crippen LogP contribution in [-0.2, 0) is 28.9 Å². The molecule has 0 aliphatic carbocycles. The zero-order valence-electron chi connectivity index (χ0n) is 19.7. The molecule has 0 atom stereocenters. The van der Waals surface area contributed by atoms with Crippen molar-refractivity contribution in [2.45, 2.75) is 51.9 Å². The van der Waals surface area contributed by atoms with Gasteiger partial charge >= 0.3 is 11.9 Å². The van der Waals surface area contributed by atoms with Crippen LogP contribution in [0.5, 0.6) is 0 Å². The highest BCUT2D eigenvalue weighted by Crippen LogP contribution is 2.34. The third-order valence-electron chi connectivity index (χ3n) is 5.55. The predicted molar refractivity (Wildman–Crippen MR) is 130 cm³/mol. The van der Waals surface area contributed by atoms with E-state index in [1.807, 2.05) is 6.92 Å². The SMILES string of the molecule is CCCNC(=O)CCCCn1c(=O)c2ccccc2n(CC(=O)Nc2ccccc2C(F)(F)F)c1=O. The Hall–Kier alpha value is -3.89. The highest BCUT2D eigenvalue weighted by Gasteiger charge is 2.33. The molecular weight excluding hydrogens is 477 g/mol. The van der Waals surface area contributed by atoms with Gasteiger partial charge in [-0.3, -0.25) is 23.5 Å². The van der Waals surface area contributed by atoms with Gasteiger partial charge in [-0.1, -0.05) is 31.2 Å². The Kier molecular flexibility index (Phi) is 8.68. The first-order valence-electron chi connectivity index (χ1n) is 11.6. The first kappa shape index (κ1) is 26.7. The number of benzene rings is 2. The fraction of sp³-hybridized carbons (Fsp3) is 0.360. The van der Waals surface area contributed by atoms with Gasteiger partial charge in [0.1, 0.15) is 6.54 Å². The number of anilines is 1. The van der Waals surface area contributed by atoms with Gasteiger partial charge in [-0.15, -0.1) is 0 Å². The number of nitrogens with one attached hydrogen (secondary N) is 2. The summed E-state index contributed by atoms with van der Waals surface area (Å²) in [5, 5.41) is 5.17. The molecule has 0 bridgehead atoms. The molecule has 192 valence electrons. The molecule has 0 saturated heterocycles. The summed E-state index contributed by atoms with van der Waals surface area (Å²) >= 11 is 0. The van der Waals surface area contributed by atoms with Crippen LogP contribution >= 0.6 is 0 Å². The summed E-state index contributed by atoms with van der Waals surface area (Å²) in [7, 11) is 0. The molecule has 3 aromatic rings. The number of unbranched alkanes of at least 4 members (excludes halogenated alkanes) is 1. The molecule has 36 heavy (non-hydrogen) atoms. The van der Waals surface area contributed by atoms with E-state index < -0.39 is 41.1 Å². The summed E-state index contributed by atoms with van der Waals surface area (Å²) in [6, 6.07) is 10.7. The number of carbonyl (C=O) groups excluding carboxylic acids is 2. The molecular formula is C25H27F3N4O4. The van der Waals surface area contributed by atoms with Crippen molar-refractivity contribution < 1.29 is 22.8 Å². The summed E-state index contributed by atoms with van der Waals surface area (Å²) in [5.74, 6) is -0.965. The number of hydrogen-bond acceptors (Lipinski definition) is 4. The molecule has 2 amide bonds.